The summed E-state index contributed by atoms with van der Waals surface area (Å²) in [5, 5.41) is 10.1. The molecule has 3 heteroatoms. The third-order valence-corrected chi connectivity index (χ3v) is 3.62. The van der Waals surface area contributed by atoms with Crippen molar-refractivity contribution in [1.29, 1.82) is 0 Å². The quantitative estimate of drug-likeness (QED) is 0.890. The maximum absolute atomic E-state index is 10.1. The molecule has 1 N–H and O–H groups in total. The number of anilines is 1. The van der Waals surface area contributed by atoms with Crippen molar-refractivity contribution in [2.75, 3.05) is 24.6 Å². The summed E-state index contributed by atoms with van der Waals surface area (Å²) < 4.78 is 5.70. The molecule has 1 fully saturated rings. The number of ether oxygens (including phenoxy) is 1. The second-order valence-electron chi connectivity index (χ2n) is 4.83. The number of benzene rings is 1. The van der Waals surface area contributed by atoms with Gasteiger partial charge in [-0.3, -0.25) is 0 Å². The average molecular weight is 249 g/mol. The van der Waals surface area contributed by atoms with Gasteiger partial charge in [0.25, 0.3) is 0 Å². The molecule has 1 aromatic rings. The van der Waals surface area contributed by atoms with E-state index in [9.17, 15) is 5.11 Å². The van der Waals surface area contributed by atoms with Crippen LogP contribution >= 0.6 is 0 Å². The molecule has 2 atom stereocenters. The van der Waals surface area contributed by atoms with Crippen LogP contribution in [0.15, 0.2) is 24.3 Å². The van der Waals surface area contributed by atoms with Gasteiger partial charge in [-0.15, -0.1) is 0 Å². The largest absolute Gasteiger partial charge is 0.388 e. The van der Waals surface area contributed by atoms with Crippen LogP contribution in [0.1, 0.15) is 38.4 Å². The molecule has 0 aliphatic carbocycles. The highest BCUT2D eigenvalue weighted by Gasteiger charge is 2.22. The zero-order chi connectivity index (χ0) is 13.0. The molecule has 0 bridgehead atoms. The molecule has 0 spiro atoms. The molecule has 0 radical (unpaired) electrons. The molecule has 1 unspecified atom stereocenters. The first-order chi connectivity index (χ1) is 8.76. The molecule has 1 aliphatic rings. The van der Waals surface area contributed by atoms with Crippen LogP contribution in [0, 0.1) is 0 Å². The van der Waals surface area contributed by atoms with E-state index >= 15 is 0 Å². The minimum atomic E-state index is -0.371. The van der Waals surface area contributed by atoms with Crippen molar-refractivity contribution in [3.8, 4) is 0 Å². The Morgan fingerprint density at radius 1 is 1.39 bits per heavy atom. The van der Waals surface area contributed by atoms with Gasteiger partial charge in [-0.1, -0.05) is 32.0 Å². The lowest BCUT2D eigenvalue weighted by Gasteiger charge is -2.35. The van der Waals surface area contributed by atoms with Gasteiger partial charge in [0, 0.05) is 24.3 Å². The Bertz CT molecular complexity index is 381. The standard InChI is InChI=1S/C15H23NO2/c1-3-12-11-16(9-10-18-12)14-8-6-5-7-13(14)15(17)4-2/h5-8,12,15,17H,3-4,9-11H2,1-2H3/t12?,15-/m0/s1. The van der Waals surface area contributed by atoms with Gasteiger partial charge < -0.3 is 14.7 Å². The molecule has 0 amide bonds. The molecule has 18 heavy (non-hydrogen) atoms. The van der Waals surface area contributed by atoms with Gasteiger partial charge >= 0.3 is 0 Å². The van der Waals surface area contributed by atoms with Crippen molar-refractivity contribution in [2.24, 2.45) is 0 Å². The second-order valence-corrected chi connectivity index (χ2v) is 4.83. The topological polar surface area (TPSA) is 32.7 Å². The van der Waals surface area contributed by atoms with Crippen molar-refractivity contribution in [1.82, 2.24) is 0 Å². The van der Waals surface area contributed by atoms with E-state index in [4.69, 9.17) is 4.74 Å². The van der Waals surface area contributed by atoms with Crippen LogP contribution in [0.5, 0.6) is 0 Å². The van der Waals surface area contributed by atoms with Crippen molar-refractivity contribution < 1.29 is 9.84 Å². The summed E-state index contributed by atoms with van der Waals surface area (Å²) in [7, 11) is 0. The highest BCUT2D eigenvalue weighted by molar-refractivity contribution is 5.55. The minimum Gasteiger partial charge on any atom is -0.388 e. The highest BCUT2D eigenvalue weighted by atomic mass is 16.5. The lowest BCUT2D eigenvalue weighted by molar-refractivity contribution is 0.0382. The molecular formula is C15H23NO2. The first-order valence-electron chi connectivity index (χ1n) is 6.89. The van der Waals surface area contributed by atoms with Crippen LogP contribution in [0.3, 0.4) is 0 Å². The number of aliphatic hydroxyl groups excluding tert-OH is 1. The summed E-state index contributed by atoms with van der Waals surface area (Å²) in [4.78, 5) is 2.34. The van der Waals surface area contributed by atoms with Crippen LogP contribution in [-0.4, -0.2) is 30.9 Å². The van der Waals surface area contributed by atoms with E-state index < -0.39 is 0 Å². The smallest absolute Gasteiger partial charge is 0.0807 e. The highest BCUT2D eigenvalue weighted by Crippen LogP contribution is 2.29. The van der Waals surface area contributed by atoms with E-state index in [0.29, 0.717) is 6.10 Å². The molecule has 1 aliphatic heterocycles. The number of hydrogen-bond donors (Lipinski definition) is 1. The van der Waals surface area contributed by atoms with E-state index in [1.54, 1.807) is 0 Å². The van der Waals surface area contributed by atoms with Gasteiger partial charge in [0.1, 0.15) is 0 Å². The number of rotatable bonds is 4. The van der Waals surface area contributed by atoms with Gasteiger partial charge in [-0.2, -0.15) is 0 Å². The van der Waals surface area contributed by atoms with Crippen molar-refractivity contribution >= 4 is 5.69 Å². The number of nitrogens with zero attached hydrogens (tertiary/aromatic N) is 1. The number of para-hydroxylation sites is 1. The first kappa shape index (κ1) is 13.4. The fourth-order valence-corrected chi connectivity index (χ4v) is 2.46. The van der Waals surface area contributed by atoms with Crippen LogP contribution in [0.2, 0.25) is 0 Å². The third kappa shape index (κ3) is 2.85. The van der Waals surface area contributed by atoms with Gasteiger partial charge in [0.05, 0.1) is 18.8 Å². The summed E-state index contributed by atoms with van der Waals surface area (Å²) in [5.41, 5.74) is 2.20. The zero-order valence-electron chi connectivity index (χ0n) is 11.3. The molecule has 3 nitrogen and oxygen atoms in total. The van der Waals surface area contributed by atoms with Gasteiger partial charge in [0.15, 0.2) is 0 Å². The maximum Gasteiger partial charge on any atom is 0.0807 e. The van der Waals surface area contributed by atoms with Gasteiger partial charge in [-0.05, 0) is 18.9 Å². The molecular weight excluding hydrogens is 226 g/mol. The monoisotopic (exact) mass is 249 g/mol. The SMILES string of the molecule is CCC1CN(c2ccccc2[C@@H](O)CC)CCO1. The fourth-order valence-electron chi connectivity index (χ4n) is 2.46. The van der Waals surface area contributed by atoms with Crippen LogP contribution < -0.4 is 4.90 Å². The van der Waals surface area contributed by atoms with E-state index in [1.807, 2.05) is 25.1 Å². The molecule has 0 saturated carbocycles. The second kappa shape index (κ2) is 6.21. The zero-order valence-corrected chi connectivity index (χ0v) is 11.3. The Morgan fingerprint density at radius 2 is 2.17 bits per heavy atom. The van der Waals surface area contributed by atoms with E-state index in [2.05, 4.69) is 17.9 Å². The number of hydrogen-bond acceptors (Lipinski definition) is 3. The Hall–Kier alpha value is -1.06. The van der Waals surface area contributed by atoms with E-state index in [-0.39, 0.29) is 6.10 Å². The molecule has 1 saturated heterocycles. The lowest BCUT2D eigenvalue weighted by Crippen LogP contribution is -2.42. The van der Waals surface area contributed by atoms with Gasteiger partial charge in [-0.25, -0.2) is 0 Å². The molecule has 100 valence electrons. The summed E-state index contributed by atoms with van der Waals surface area (Å²) in [6, 6.07) is 8.17. The molecule has 1 aromatic carbocycles. The lowest BCUT2D eigenvalue weighted by atomic mass is 10.0. The third-order valence-electron chi connectivity index (χ3n) is 3.62. The predicted octanol–water partition coefficient (Wildman–Crippen LogP) is 2.75. The van der Waals surface area contributed by atoms with Crippen molar-refractivity contribution in [2.45, 2.75) is 38.9 Å². The Balaban J connectivity index is 2.21. The number of aliphatic hydroxyl groups is 1. The van der Waals surface area contributed by atoms with Crippen LogP contribution in [-0.2, 0) is 4.74 Å². The Kier molecular flexibility index (Phi) is 4.61. The average Bonchev–Trinajstić information content (AvgIpc) is 2.46. The van der Waals surface area contributed by atoms with Gasteiger partial charge in [0.2, 0.25) is 0 Å². The Labute approximate surface area is 109 Å². The van der Waals surface area contributed by atoms with E-state index in [1.165, 1.54) is 0 Å². The Morgan fingerprint density at radius 3 is 2.89 bits per heavy atom. The van der Waals surface area contributed by atoms with E-state index in [0.717, 1.165) is 43.8 Å². The summed E-state index contributed by atoms with van der Waals surface area (Å²) in [5.74, 6) is 0. The number of morpholine rings is 1. The normalized spacial score (nSPS) is 21.9. The minimum absolute atomic E-state index is 0.311. The van der Waals surface area contributed by atoms with Crippen LogP contribution in [0.25, 0.3) is 0 Å². The molecule has 2 rings (SSSR count). The molecule has 1 heterocycles. The van der Waals surface area contributed by atoms with Crippen molar-refractivity contribution in [3.05, 3.63) is 29.8 Å². The predicted molar refractivity (Wildman–Crippen MR) is 73.9 cm³/mol. The summed E-state index contributed by atoms with van der Waals surface area (Å²) in [6.07, 6.45) is 1.72. The van der Waals surface area contributed by atoms with Crippen molar-refractivity contribution in [3.63, 3.8) is 0 Å². The molecule has 0 aromatic heterocycles. The summed E-state index contributed by atoms with van der Waals surface area (Å²) in [6.45, 7) is 6.76. The maximum atomic E-state index is 10.1. The van der Waals surface area contributed by atoms with Crippen LogP contribution in [0.4, 0.5) is 5.69 Å². The summed E-state index contributed by atoms with van der Waals surface area (Å²) >= 11 is 0. The first-order valence-corrected chi connectivity index (χ1v) is 6.89. The fraction of sp³-hybridized carbons (Fsp3) is 0.600.